The zero-order valence-corrected chi connectivity index (χ0v) is 5.14. The second-order valence-corrected chi connectivity index (χ2v) is 3.02. The molecule has 0 spiro atoms. The lowest BCUT2D eigenvalue weighted by Crippen LogP contribution is -1.91. The average Bonchev–Trinajstić information content (AvgIpc) is 1.27. The van der Waals surface area contributed by atoms with E-state index < -0.39 is 5.76 Å². The molecule has 0 heterocycles. The van der Waals surface area contributed by atoms with E-state index in [4.69, 9.17) is 0 Å². The van der Waals surface area contributed by atoms with E-state index >= 15 is 0 Å². The molecule has 3 heteroatoms. The molecule has 0 bridgehead atoms. The largest absolute Gasteiger partial charge is 0.284 e. The molecule has 0 aliphatic rings. The number of rotatable bonds is 2. The SMILES string of the molecule is CC(C)SC(F)F. The molecule has 0 aromatic carbocycles. The Morgan fingerprint density at radius 2 is 1.71 bits per heavy atom. The smallest absolute Gasteiger partial charge is 0.198 e. The van der Waals surface area contributed by atoms with Gasteiger partial charge in [-0.2, -0.15) is 8.78 Å². The summed E-state index contributed by atoms with van der Waals surface area (Å²) in [7, 11) is 0. The fraction of sp³-hybridized carbons (Fsp3) is 1.00. The summed E-state index contributed by atoms with van der Waals surface area (Å²) in [6.45, 7) is 3.49. The number of alkyl halides is 2. The van der Waals surface area contributed by atoms with Crippen LogP contribution in [0.2, 0.25) is 0 Å². The minimum absolute atomic E-state index is 0.0417. The molecular formula is C4H8F2S. The van der Waals surface area contributed by atoms with Gasteiger partial charge < -0.3 is 0 Å². The van der Waals surface area contributed by atoms with Crippen molar-refractivity contribution in [1.29, 1.82) is 0 Å². The third kappa shape index (κ3) is 6.21. The Balaban J connectivity index is 2.95. The molecular weight excluding hydrogens is 118 g/mol. The lowest BCUT2D eigenvalue weighted by Gasteiger charge is -1.99. The van der Waals surface area contributed by atoms with Gasteiger partial charge in [0.2, 0.25) is 0 Å². The molecule has 0 atom stereocenters. The maximum absolute atomic E-state index is 11.2. The normalized spacial score (nSPS) is 11.1. The molecule has 0 aliphatic carbocycles. The molecule has 0 fully saturated rings. The molecule has 44 valence electrons. The summed E-state index contributed by atoms with van der Waals surface area (Å²) < 4.78 is 22.5. The molecule has 0 saturated heterocycles. The minimum Gasteiger partial charge on any atom is -0.198 e. The molecule has 0 aliphatic heterocycles. The van der Waals surface area contributed by atoms with Crippen LogP contribution in [0.15, 0.2) is 0 Å². The number of halogens is 2. The van der Waals surface area contributed by atoms with Gasteiger partial charge in [-0.25, -0.2) is 0 Å². The van der Waals surface area contributed by atoms with Crippen LogP contribution in [-0.4, -0.2) is 11.0 Å². The highest BCUT2D eigenvalue weighted by molar-refractivity contribution is 8.00. The fourth-order valence-corrected chi connectivity index (χ4v) is 0.617. The third-order valence-corrected chi connectivity index (χ3v) is 1.13. The Labute approximate surface area is 46.3 Å². The monoisotopic (exact) mass is 126 g/mol. The summed E-state index contributed by atoms with van der Waals surface area (Å²) in [5.74, 6) is -2.21. The van der Waals surface area contributed by atoms with E-state index in [0.29, 0.717) is 11.8 Å². The van der Waals surface area contributed by atoms with Crippen molar-refractivity contribution in [2.24, 2.45) is 0 Å². The van der Waals surface area contributed by atoms with E-state index in [-0.39, 0.29) is 5.25 Å². The Kier molecular flexibility index (Phi) is 3.34. The average molecular weight is 126 g/mol. The maximum Gasteiger partial charge on any atom is 0.284 e. The van der Waals surface area contributed by atoms with E-state index in [9.17, 15) is 8.78 Å². The van der Waals surface area contributed by atoms with Gasteiger partial charge >= 0.3 is 0 Å². The summed E-state index contributed by atoms with van der Waals surface area (Å²) in [6, 6.07) is 0. The van der Waals surface area contributed by atoms with Gasteiger partial charge in [-0.15, -0.1) is 0 Å². The van der Waals surface area contributed by atoms with Crippen molar-refractivity contribution in [3.05, 3.63) is 0 Å². The number of thioether (sulfide) groups is 1. The van der Waals surface area contributed by atoms with E-state index in [2.05, 4.69) is 0 Å². The second kappa shape index (κ2) is 3.24. The van der Waals surface area contributed by atoms with Gasteiger partial charge in [0.1, 0.15) is 0 Å². The van der Waals surface area contributed by atoms with Gasteiger partial charge in [0.25, 0.3) is 5.76 Å². The third-order valence-electron chi connectivity index (χ3n) is 0.375. The molecule has 0 rings (SSSR count). The van der Waals surface area contributed by atoms with Crippen LogP contribution in [-0.2, 0) is 0 Å². The van der Waals surface area contributed by atoms with Gasteiger partial charge in [0, 0.05) is 5.25 Å². The molecule has 0 amide bonds. The summed E-state index contributed by atoms with van der Waals surface area (Å²) >= 11 is 0.676. The van der Waals surface area contributed by atoms with E-state index in [0.717, 1.165) is 0 Å². The van der Waals surface area contributed by atoms with Crippen molar-refractivity contribution in [2.75, 3.05) is 0 Å². The van der Waals surface area contributed by atoms with Crippen molar-refractivity contribution in [3.63, 3.8) is 0 Å². The molecule has 0 aromatic rings. The van der Waals surface area contributed by atoms with Crippen LogP contribution in [0.4, 0.5) is 8.78 Å². The topological polar surface area (TPSA) is 0 Å². The van der Waals surface area contributed by atoms with Crippen molar-refractivity contribution in [2.45, 2.75) is 24.9 Å². The van der Waals surface area contributed by atoms with Crippen molar-refractivity contribution < 1.29 is 8.78 Å². The highest BCUT2D eigenvalue weighted by Crippen LogP contribution is 2.18. The van der Waals surface area contributed by atoms with Gasteiger partial charge in [0.15, 0.2) is 0 Å². The van der Waals surface area contributed by atoms with Crippen LogP contribution >= 0.6 is 11.8 Å². The lowest BCUT2D eigenvalue weighted by molar-refractivity contribution is 0.251. The van der Waals surface area contributed by atoms with Gasteiger partial charge in [-0.3, -0.25) is 0 Å². The first-order valence-corrected chi connectivity index (χ1v) is 3.01. The van der Waals surface area contributed by atoms with E-state index in [1.165, 1.54) is 0 Å². The van der Waals surface area contributed by atoms with E-state index in [1.54, 1.807) is 13.8 Å². The Hall–Kier alpha value is 0.210. The molecule has 7 heavy (non-hydrogen) atoms. The fourth-order valence-electron chi connectivity index (χ4n) is 0.206. The van der Waals surface area contributed by atoms with Crippen molar-refractivity contribution in [3.8, 4) is 0 Å². The quantitative estimate of drug-likeness (QED) is 0.547. The van der Waals surface area contributed by atoms with Gasteiger partial charge in [0.05, 0.1) is 0 Å². The predicted octanol–water partition coefficient (Wildman–Crippen LogP) is 2.35. The molecule has 0 saturated carbocycles. The lowest BCUT2D eigenvalue weighted by atomic mass is 10.6. The van der Waals surface area contributed by atoms with Crippen LogP contribution in [0.3, 0.4) is 0 Å². The summed E-state index contributed by atoms with van der Waals surface area (Å²) in [5, 5.41) is 0.0417. The standard InChI is InChI=1S/C4H8F2S/c1-3(2)7-4(5)6/h3-4H,1-2H3. The second-order valence-electron chi connectivity index (χ2n) is 1.45. The first kappa shape index (κ1) is 7.21. The highest BCUT2D eigenvalue weighted by Gasteiger charge is 2.03. The van der Waals surface area contributed by atoms with Crippen LogP contribution < -0.4 is 0 Å². The Morgan fingerprint density at radius 1 is 1.29 bits per heavy atom. The van der Waals surface area contributed by atoms with Crippen molar-refractivity contribution in [1.82, 2.24) is 0 Å². The van der Waals surface area contributed by atoms with E-state index in [1.807, 2.05) is 0 Å². The molecule has 0 nitrogen and oxygen atoms in total. The Morgan fingerprint density at radius 3 is 1.71 bits per heavy atom. The molecule has 0 radical (unpaired) electrons. The zero-order chi connectivity index (χ0) is 5.86. The maximum atomic E-state index is 11.2. The minimum atomic E-state index is -2.21. The zero-order valence-electron chi connectivity index (χ0n) is 4.32. The van der Waals surface area contributed by atoms with Crippen LogP contribution in [0, 0.1) is 0 Å². The molecule has 0 N–H and O–H groups in total. The van der Waals surface area contributed by atoms with Crippen LogP contribution in [0.25, 0.3) is 0 Å². The van der Waals surface area contributed by atoms with Crippen molar-refractivity contribution >= 4 is 11.8 Å². The molecule has 0 aromatic heterocycles. The molecule has 0 unspecified atom stereocenters. The number of hydrogen-bond acceptors (Lipinski definition) is 1. The summed E-state index contributed by atoms with van der Waals surface area (Å²) in [6.07, 6.45) is 0. The summed E-state index contributed by atoms with van der Waals surface area (Å²) in [5.41, 5.74) is 0. The van der Waals surface area contributed by atoms with Gasteiger partial charge in [-0.1, -0.05) is 25.6 Å². The Bertz CT molecular complexity index is 39.0. The number of hydrogen-bond donors (Lipinski definition) is 0. The van der Waals surface area contributed by atoms with Gasteiger partial charge in [-0.05, 0) is 0 Å². The van der Waals surface area contributed by atoms with Crippen LogP contribution in [0.5, 0.6) is 0 Å². The predicted molar refractivity (Wildman–Crippen MR) is 28.7 cm³/mol. The summed E-state index contributed by atoms with van der Waals surface area (Å²) in [4.78, 5) is 0. The van der Waals surface area contributed by atoms with Crippen LogP contribution in [0.1, 0.15) is 13.8 Å². The first-order valence-electron chi connectivity index (χ1n) is 2.06. The first-order chi connectivity index (χ1) is 3.13. The highest BCUT2D eigenvalue weighted by atomic mass is 32.2.